The first-order valence-electron chi connectivity index (χ1n) is 10.6. The highest BCUT2D eigenvalue weighted by molar-refractivity contribution is 9.10. The van der Waals surface area contributed by atoms with Crippen LogP contribution in [0.4, 0.5) is 11.6 Å². The van der Waals surface area contributed by atoms with Crippen molar-refractivity contribution in [2.45, 2.75) is 50.2 Å². The molecule has 0 saturated carbocycles. The van der Waals surface area contributed by atoms with E-state index in [1.165, 1.54) is 6.33 Å². The number of nitrogens with zero attached hydrogens (tertiary/aromatic N) is 4. The maximum absolute atomic E-state index is 11.3. The molecule has 1 aromatic carbocycles. The molecule has 0 spiro atoms. The summed E-state index contributed by atoms with van der Waals surface area (Å²) in [5.41, 5.74) is 11.7. The molecule has 1 aliphatic heterocycles. The molecule has 172 valence electrons. The van der Waals surface area contributed by atoms with Crippen LogP contribution in [0.25, 0.3) is 21.9 Å². The molecular weight excluding hydrogens is 488 g/mol. The number of aliphatic hydroxyl groups is 2. The Labute approximate surface area is 198 Å². The van der Waals surface area contributed by atoms with Gasteiger partial charge in [0.25, 0.3) is 0 Å². The van der Waals surface area contributed by atoms with Crippen molar-refractivity contribution < 1.29 is 14.9 Å². The van der Waals surface area contributed by atoms with Crippen molar-refractivity contribution in [3.8, 4) is 0 Å². The lowest BCUT2D eigenvalue weighted by Gasteiger charge is -2.36. The first kappa shape index (κ1) is 22.0. The van der Waals surface area contributed by atoms with Crippen molar-refractivity contribution in [2.24, 2.45) is 0 Å². The standard InChI is InChI=1S/C23H25BrN6O3/c1-22(7-5-12-3-4-13-10-15(24)19(26)29-16(13)9-12)23(2,32)17(31)21(33-22)30-8-6-14-18(25)27-11-28-20(14)30/h3-4,6,8-11,17,21,31-32H,5,7H2,1-2H3,(H2,26,29)(H2,25,27,28)/t17-,21+,22?,23-/m0/s1. The molecule has 3 aromatic heterocycles. The molecule has 1 aliphatic rings. The summed E-state index contributed by atoms with van der Waals surface area (Å²) in [6.45, 7) is 3.42. The van der Waals surface area contributed by atoms with Crippen LogP contribution in [-0.4, -0.2) is 47.0 Å². The van der Waals surface area contributed by atoms with Crippen molar-refractivity contribution in [1.82, 2.24) is 19.5 Å². The molecule has 6 N–H and O–H groups in total. The lowest BCUT2D eigenvalue weighted by molar-refractivity contribution is -0.131. The summed E-state index contributed by atoms with van der Waals surface area (Å²) >= 11 is 3.40. The minimum atomic E-state index is -1.50. The highest BCUT2D eigenvalue weighted by Crippen LogP contribution is 2.47. The third kappa shape index (κ3) is 3.45. The predicted octanol–water partition coefficient (Wildman–Crippen LogP) is 2.94. The van der Waals surface area contributed by atoms with Gasteiger partial charge in [-0.1, -0.05) is 12.1 Å². The van der Waals surface area contributed by atoms with Crippen molar-refractivity contribution >= 4 is 49.5 Å². The molecule has 4 aromatic rings. The summed E-state index contributed by atoms with van der Waals surface area (Å²) in [6.07, 6.45) is 2.19. The van der Waals surface area contributed by atoms with E-state index in [2.05, 4.69) is 30.9 Å². The Bertz CT molecular complexity index is 1370. The second-order valence-corrected chi connectivity index (χ2v) is 9.79. The van der Waals surface area contributed by atoms with Gasteiger partial charge < -0.3 is 31.0 Å². The number of fused-ring (bicyclic) bond motifs is 2. The fourth-order valence-electron chi connectivity index (χ4n) is 4.50. The van der Waals surface area contributed by atoms with Crippen LogP contribution in [0.2, 0.25) is 0 Å². The monoisotopic (exact) mass is 512 g/mol. The minimum absolute atomic E-state index is 0.346. The fraction of sp³-hybridized carbons (Fsp3) is 0.348. The Morgan fingerprint density at radius 2 is 1.94 bits per heavy atom. The molecule has 0 aliphatic carbocycles. The Morgan fingerprint density at radius 1 is 1.15 bits per heavy atom. The average molecular weight is 513 g/mol. The van der Waals surface area contributed by atoms with Crippen LogP contribution in [0.5, 0.6) is 0 Å². The van der Waals surface area contributed by atoms with Gasteiger partial charge in [-0.2, -0.15) is 0 Å². The highest BCUT2D eigenvalue weighted by atomic mass is 79.9. The molecule has 4 atom stereocenters. The third-order valence-electron chi connectivity index (χ3n) is 6.87. The van der Waals surface area contributed by atoms with E-state index < -0.39 is 23.5 Å². The fourth-order valence-corrected chi connectivity index (χ4v) is 4.83. The van der Waals surface area contributed by atoms with Gasteiger partial charge in [0, 0.05) is 11.6 Å². The Morgan fingerprint density at radius 3 is 2.73 bits per heavy atom. The molecule has 0 amide bonds. The number of nitrogens with two attached hydrogens (primary N) is 2. The number of hydrogen-bond donors (Lipinski definition) is 4. The second kappa shape index (κ2) is 7.63. The van der Waals surface area contributed by atoms with Crippen LogP contribution in [0.1, 0.15) is 32.1 Å². The van der Waals surface area contributed by atoms with E-state index in [4.69, 9.17) is 16.2 Å². The van der Waals surface area contributed by atoms with Crippen LogP contribution in [0, 0.1) is 0 Å². The Kier molecular flexibility index (Phi) is 5.09. The molecule has 1 fully saturated rings. The van der Waals surface area contributed by atoms with E-state index in [9.17, 15) is 10.2 Å². The van der Waals surface area contributed by atoms with Gasteiger partial charge in [0.1, 0.15) is 35.3 Å². The normalized spacial score (nSPS) is 27.5. The van der Waals surface area contributed by atoms with E-state index >= 15 is 0 Å². The number of halogens is 1. The van der Waals surface area contributed by atoms with Gasteiger partial charge in [0.2, 0.25) is 0 Å². The van der Waals surface area contributed by atoms with Crippen LogP contribution in [0.3, 0.4) is 0 Å². The maximum atomic E-state index is 11.3. The molecule has 4 heterocycles. The number of rotatable bonds is 4. The Balaban J connectivity index is 1.42. The third-order valence-corrected chi connectivity index (χ3v) is 7.50. The van der Waals surface area contributed by atoms with Crippen LogP contribution >= 0.6 is 15.9 Å². The van der Waals surface area contributed by atoms with Gasteiger partial charge in [-0.05, 0) is 66.4 Å². The quantitative estimate of drug-likeness (QED) is 0.326. The number of anilines is 2. The highest BCUT2D eigenvalue weighted by Gasteiger charge is 2.60. The predicted molar refractivity (Wildman–Crippen MR) is 129 cm³/mol. The van der Waals surface area contributed by atoms with Crippen molar-refractivity contribution in [1.29, 1.82) is 0 Å². The summed E-state index contributed by atoms with van der Waals surface area (Å²) in [4.78, 5) is 12.7. The van der Waals surface area contributed by atoms with Crippen molar-refractivity contribution in [3.63, 3.8) is 0 Å². The van der Waals surface area contributed by atoms with Gasteiger partial charge >= 0.3 is 0 Å². The van der Waals surface area contributed by atoms with Crippen LogP contribution < -0.4 is 11.5 Å². The molecule has 0 bridgehead atoms. The molecule has 10 heteroatoms. The Hall–Kier alpha value is -2.79. The number of benzene rings is 1. The van der Waals surface area contributed by atoms with Gasteiger partial charge in [-0.25, -0.2) is 15.0 Å². The number of ether oxygens (including phenoxy) is 1. The van der Waals surface area contributed by atoms with Gasteiger partial charge in [-0.3, -0.25) is 0 Å². The van der Waals surface area contributed by atoms with E-state index in [0.29, 0.717) is 35.5 Å². The van der Waals surface area contributed by atoms with Gasteiger partial charge in [0.15, 0.2) is 6.23 Å². The zero-order chi connectivity index (χ0) is 23.5. The number of aryl methyl sites for hydroxylation is 1. The molecule has 1 unspecified atom stereocenters. The number of aliphatic hydroxyl groups excluding tert-OH is 1. The maximum Gasteiger partial charge on any atom is 0.165 e. The van der Waals surface area contributed by atoms with Crippen LogP contribution in [0.15, 0.2) is 47.3 Å². The lowest BCUT2D eigenvalue weighted by Crippen LogP contribution is -2.52. The molecule has 5 rings (SSSR count). The summed E-state index contributed by atoms with van der Waals surface area (Å²) < 4.78 is 8.79. The smallest absolute Gasteiger partial charge is 0.165 e. The van der Waals surface area contributed by atoms with Crippen LogP contribution in [-0.2, 0) is 11.2 Å². The van der Waals surface area contributed by atoms with Crippen molar-refractivity contribution in [2.75, 3.05) is 11.5 Å². The first-order chi connectivity index (χ1) is 15.6. The molecule has 9 nitrogen and oxygen atoms in total. The summed E-state index contributed by atoms with van der Waals surface area (Å²) in [6, 6.07) is 9.71. The van der Waals surface area contributed by atoms with Gasteiger partial charge in [-0.15, -0.1) is 0 Å². The van der Waals surface area contributed by atoms with E-state index in [1.54, 1.807) is 23.8 Å². The summed E-state index contributed by atoms with van der Waals surface area (Å²) in [5, 5.41) is 24.0. The molecule has 0 radical (unpaired) electrons. The SMILES string of the molecule is CC1(CCc2ccc3cc(Br)c(N)nc3c2)O[C@@H](n2ccc3c(N)ncnc32)[C@H](O)[C@]1(C)O. The molecule has 1 saturated heterocycles. The second-order valence-electron chi connectivity index (χ2n) is 8.93. The van der Waals surface area contributed by atoms with E-state index in [1.807, 2.05) is 31.2 Å². The molecule has 33 heavy (non-hydrogen) atoms. The largest absolute Gasteiger partial charge is 0.385 e. The number of nitrogen functional groups attached to an aromatic ring is 2. The summed E-state index contributed by atoms with van der Waals surface area (Å²) in [7, 11) is 0. The van der Waals surface area contributed by atoms with Gasteiger partial charge in [0.05, 0.1) is 21.0 Å². The van der Waals surface area contributed by atoms with Crippen molar-refractivity contribution in [3.05, 3.63) is 52.9 Å². The van der Waals surface area contributed by atoms with E-state index in [0.717, 1.165) is 20.9 Å². The minimum Gasteiger partial charge on any atom is -0.385 e. The number of aromatic nitrogens is 4. The number of hydrogen-bond acceptors (Lipinski definition) is 8. The molecular formula is C23H25BrN6O3. The zero-order valence-electron chi connectivity index (χ0n) is 18.2. The summed E-state index contributed by atoms with van der Waals surface area (Å²) in [5.74, 6) is 0.779. The topological polar surface area (TPSA) is 145 Å². The lowest BCUT2D eigenvalue weighted by atomic mass is 9.80. The average Bonchev–Trinajstić information content (AvgIpc) is 3.28. The zero-order valence-corrected chi connectivity index (χ0v) is 19.8. The van der Waals surface area contributed by atoms with E-state index in [-0.39, 0.29) is 0 Å². The number of pyridine rings is 1. The first-order valence-corrected chi connectivity index (χ1v) is 11.4.